The first-order valence-corrected chi connectivity index (χ1v) is 8.32. The Bertz CT molecular complexity index is 225. The fourth-order valence-electron chi connectivity index (χ4n) is 2.90. The van der Waals surface area contributed by atoms with E-state index in [1.807, 2.05) is 0 Å². The van der Waals surface area contributed by atoms with Crippen LogP contribution in [-0.4, -0.2) is 18.0 Å². The Hall–Kier alpha value is -0.530. The minimum absolute atomic E-state index is 0. The summed E-state index contributed by atoms with van der Waals surface area (Å²) in [6, 6.07) is 0. The van der Waals surface area contributed by atoms with Gasteiger partial charge in [0, 0.05) is 18.8 Å². The molecule has 1 heterocycles. The third-order valence-electron chi connectivity index (χ3n) is 4.08. The van der Waals surface area contributed by atoms with E-state index in [0.29, 0.717) is 0 Å². The van der Waals surface area contributed by atoms with Gasteiger partial charge in [0.15, 0.2) is 0 Å². The van der Waals surface area contributed by atoms with Crippen molar-refractivity contribution in [1.29, 1.82) is 0 Å². The molecule has 0 aliphatic carbocycles. The molecule has 1 nitrogen and oxygen atoms in total. The van der Waals surface area contributed by atoms with Crippen molar-refractivity contribution < 1.29 is 4.70 Å². The highest BCUT2D eigenvalue weighted by Gasteiger charge is 2.11. The van der Waals surface area contributed by atoms with E-state index in [0.717, 1.165) is 0 Å². The van der Waals surface area contributed by atoms with Crippen LogP contribution in [0.1, 0.15) is 84.5 Å². The highest BCUT2D eigenvalue weighted by molar-refractivity contribution is 5.06. The molecule has 1 aliphatic heterocycles. The number of hydrogen-bond donors (Lipinski definition) is 0. The maximum atomic E-state index is 2.60. The molecule has 0 N–H and O–H groups in total. The number of allylic oxidation sites excluding steroid dienone is 1. The highest BCUT2D eigenvalue weighted by Crippen LogP contribution is 2.18. The van der Waals surface area contributed by atoms with Crippen molar-refractivity contribution in [2.45, 2.75) is 84.5 Å². The zero-order valence-electron chi connectivity index (χ0n) is 13.1. The largest absolute Gasteiger partial charge is 0.375 e. The Balaban J connectivity index is 0.00000324. The Morgan fingerprint density at radius 2 is 1.47 bits per heavy atom. The number of hydrogen-bond acceptors (Lipinski definition) is 1. The number of rotatable bonds is 11. The lowest BCUT2D eigenvalue weighted by molar-refractivity contribution is 0.353. The maximum absolute atomic E-state index is 2.60. The molecule has 0 unspecified atom stereocenters. The molecule has 0 bridgehead atoms. The second-order valence-electron chi connectivity index (χ2n) is 5.65. The number of halogens is 1. The van der Waals surface area contributed by atoms with Crippen molar-refractivity contribution in [3.05, 3.63) is 11.8 Å². The van der Waals surface area contributed by atoms with Gasteiger partial charge in [-0.2, -0.15) is 0 Å². The van der Waals surface area contributed by atoms with Gasteiger partial charge in [-0.1, -0.05) is 71.3 Å². The average molecular weight is 271 g/mol. The van der Waals surface area contributed by atoms with Crippen molar-refractivity contribution >= 4 is 0 Å². The lowest BCUT2D eigenvalue weighted by atomic mass is 10.1. The molecule has 2 heteroatoms. The minimum Gasteiger partial charge on any atom is -0.375 e. The molecule has 0 saturated carbocycles. The molecule has 114 valence electrons. The van der Waals surface area contributed by atoms with E-state index < -0.39 is 0 Å². The predicted molar refractivity (Wildman–Crippen MR) is 84.3 cm³/mol. The van der Waals surface area contributed by atoms with Gasteiger partial charge in [-0.25, -0.2) is 0 Å². The van der Waals surface area contributed by atoms with E-state index in [2.05, 4.69) is 24.8 Å². The van der Waals surface area contributed by atoms with Crippen LogP contribution in [0.25, 0.3) is 0 Å². The van der Waals surface area contributed by atoms with Crippen LogP contribution < -0.4 is 0 Å². The molecule has 0 aromatic carbocycles. The molecule has 1 aliphatic rings. The Kier molecular flexibility index (Phi) is 12.2. The average Bonchev–Trinajstić information content (AvgIpc) is 2.84. The van der Waals surface area contributed by atoms with Crippen LogP contribution in [0.5, 0.6) is 0 Å². The van der Waals surface area contributed by atoms with Gasteiger partial charge in [0.2, 0.25) is 0 Å². The van der Waals surface area contributed by atoms with Crippen molar-refractivity contribution in [3.63, 3.8) is 0 Å². The maximum Gasteiger partial charge on any atom is 0.0210 e. The normalized spacial score (nSPS) is 14.4. The topological polar surface area (TPSA) is 3.24 Å². The van der Waals surface area contributed by atoms with Crippen LogP contribution in [-0.2, 0) is 0 Å². The fraction of sp³-hybridized carbons (Fsp3) is 0.882. The second kappa shape index (κ2) is 12.5. The first-order valence-electron chi connectivity index (χ1n) is 8.32. The van der Waals surface area contributed by atoms with Crippen LogP contribution in [0.15, 0.2) is 11.8 Å². The summed E-state index contributed by atoms with van der Waals surface area (Å²) in [5.74, 6) is 0. The Morgan fingerprint density at radius 3 is 2.05 bits per heavy atom. The van der Waals surface area contributed by atoms with E-state index in [1.165, 1.54) is 83.7 Å². The third kappa shape index (κ3) is 8.28. The standard InChI is InChI=1S/C17H33N.FH/c1-3-5-6-7-8-9-10-11-12-15-18-16-13-14-17(18)4-2;/h14H,3-13,15-16H2,1-2H3;1H. The van der Waals surface area contributed by atoms with Crippen LogP contribution >= 0.6 is 0 Å². The summed E-state index contributed by atoms with van der Waals surface area (Å²) < 4.78 is 0. The molecule has 0 aromatic heterocycles. The van der Waals surface area contributed by atoms with E-state index in [1.54, 1.807) is 5.70 Å². The predicted octanol–water partition coefficient (Wildman–Crippen LogP) is 5.67. The van der Waals surface area contributed by atoms with Crippen molar-refractivity contribution in [2.24, 2.45) is 0 Å². The summed E-state index contributed by atoms with van der Waals surface area (Å²) in [5, 5.41) is 0. The molecular weight excluding hydrogens is 237 g/mol. The minimum atomic E-state index is 0. The first kappa shape index (κ1) is 18.5. The summed E-state index contributed by atoms with van der Waals surface area (Å²) in [5.41, 5.74) is 1.59. The zero-order valence-corrected chi connectivity index (χ0v) is 13.1. The zero-order chi connectivity index (χ0) is 13.1. The molecule has 0 aromatic rings. The SMILES string of the molecule is CCCCCCCCCCCN1CCC=C1CC.F. The molecule has 0 atom stereocenters. The van der Waals surface area contributed by atoms with Crippen LogP contribution in [0.3, 0.4) is 0 Å². The molecule has 0 radical (unpaired) electrons. The fourth-order valence-corrected chi connectivity index (χ4v) is 2.90. The first-order chi connectivity index (χ1) is 8.88. The van der Waals surface area contributed by atoms with Crippen molar-refractivity contribution in [1.82, 2.24) is 4.90 Å². The molecule has 0 spiro atoms. The summed E-state index contributed by atoms with van der Waals surface area (Å²) >= 11 is 0. The quantitative estimate of drug-likeness (QED) is 0.438. The molecule has 0 saturated heterocycles. The van der Waals surface area contributed by atoms with Crippen LogP contribution in [0.2, 0.25) is 0 Å². The van der Waals surface area contributed by atoms with E-state index >= 15 is 0 Å². The Morgan fingerprint density at radius 1 is 0.895 bits per heavy atom. The van der Waals surface area contributed by atoms with Gasteiger partial charge in [-0.3, -0.25) is 4.70 Å². The third-order valence-corrected chi connectivity index (χ3v) is 4.08. The van der Waals surface area contributed by atoms with Crippen LogP contribution in [0.4, 0.5) is 4.70 Å². The van der Waals surface area contributed by atoms with Gasteiger partial charge < -0.3 is 4.90 Å². The lowest BCUT2D eigenvalue weighted by Crippen LogP contribution is -2.20. The number of nitrogens with zero attached hydrogens (tertiary/aromatic N) is 1. The van der Waals surface area contributed by atoms with Gasteiger partial charge in [-0.05, 0) is 19.3 Å². The van der Waals surface area contributed by atoms with Gasteiger partial charge in [0.1, 0.15) is 0 Å². The van der Waals surface area contributed by atoms with Crippen LogP contribution in [0, 0.1) is 0 Å². The van der Waals surface area contributed by atoms with Gasteiger partial charge in [0.25, 0.3) is 0 Å². The summed E-state index contributed by atoms with van der Waals surface area (Å²) in [6.45, 7) is 7.15. The van der Waals surface area contributed by atoms with E-state index in [9.17, 15) is 0 Å². The molecule has 1 rings (SSSR count). The van der Waals surface area contributed by atoms with Gasteiger partial charge >= 0.3 is 0 Å². The molecule has 0 fully saturated rings. The van der Waals surface area contributed by atoms with E-state index in [4.69, 9.17) is 0 Å². The summed E-state index contributed by atoms with van der Waals surface area (Å²) in [7, 11) is 0. The number of unbranched alkanes of at least 4 members (excludes halogenated alkanes) is 8. The smallest absolute Gasteiger partial charge is 0.0210 e. The second-order valence-corrected chi connectivity index (χ2v) is 5.65. The lowest BCUT2D eigenvalue weighted by Gasteiger charge is -2.21. The van der Waals surface area contributed by atoms with Gasteiger partial charge in [0.05, 0.1) is 0 Å². The summed E-state index contributed by atoms with van der Waals surface area (Å²) in [4.78, 5) is 2.60. The molecular formula is C17H34FN. The molecule has 19 heavy (non-hydrogen) atoms. The van der Waals surface area contributed by atoms with Crippen molar-refractivity contribution in [3.8, 4) is 0 Å². The monoisotopic (exact) mass is 271 g/mol. The summed E-state index contributed by atoms with van der Waals surface area (Å²) in [6.07, 6.45) is 17.8. The van der Waals surface area contributed by atoms with E-state index in [-0.39, 0.29) is 4.70 Å². The highest BCUT2D eigenvalue weighted by atomic mass is 19.0. The molecule has 0 amide bonds. The van der Waals surface area contributed by atoms with Crippen molar-refractivity contribution in [2.75, 3.05) is 13.1 Å². The Labute approximate surface area is 119 Å². The van der Waals surface area contributed by atoms with Gasteiger partial charge in [-0.15, -0.1) is 0 Å².